The van der Waals surface area contributed by atoms with Gasteiger partial charge in [-0.15, -0.1) is 11.3 Å². The number of allylic oxidation sites excluding steroid dienone is 1. The van der Waals surface area contributed by atoms with E-state index in [2.05, 4.69) is 19.8 Å². The van der Waals surface area contributed by atoms with E-state index >= 15 is 0 Å². The van der Waals surface area contributed by atoms with Crippen molar-refractivity contribution in [2.24, 2.45) is 17.8 Å². The van der Waals surface area contributed by atoms with Crippen molar-refractivity contribution in [3.63, 3.8) is 0 Å². The monoisotopic (exact) mass is 619 g/mol. The quantitative estimate of drug-likeness (QED) is 0.256. The van der Waals surface area contributed by atoms with Crippen LogP contribution in [0.15, 0.2) is 28.8 Å². The van der Waals surface area contributed by atoms with Gasteiger partial charge in [0.1, 0.15) is 29.3 Å². The number of aromatic nitrogens is 2. The number of anilines is 1. The average molecular weight is 621 g/mol. The first-order valence-electron chi connectivity index (χ1n) is 13.9. The number of carbonyl (C=O) groups is 1. The number of aldehydes is 1. The molecule has 0 amide bonds. The predicted octanol–water partition coefficient (Wildman–Crippen LogP) is 7.36. The number of rotatable bonds is 7. The Labute approximate surface area is 252 Å². The Morgan fingerprint density at radius 3 is 2.46 bits per heavy atom. The van der Waals surface area contributed by atoms with E-state index in [1.165, 1.54) is 17.4 Å². The maximum absolute atomic E-state index is 14.4. The number of nitrogens with zero attached hydrogens (tertiary/aromatic N) is 3. The van der Waals surface area contributed by atoms with Gasteiger partial charge in [-0.2, -0.15) is 0 Å². The lowest BCUT2D eigenvalue weighted by atomic mass is 9.99. The van der Waals surface area contributed by atoms with E-state index in [4.69, 9.17) is 32.5 Å². The van der Waals surface area contributed by atoms with Gasteiger partial charge in [0.05, 0.1) is 22.8 Å². The van der Waals surface area contributed by atoms with Crippen LogP contribution in [0.5, 0.6) is 0 Å². The van der Waals surface area contributed by atoms with Crippen molar-refractivity contribution in [3.8, 4) is 11.3 Å². The first-order chi connectivity index (χ1) is 19.9. The lowest BCUT2D eigenvalue weighted by Gasteiger charge is -2.19. The van der Waals surface area contributed by atoms with E-state index < -0.39 is 5.92 Å². The molecule has 7 rings (SSSR count). The van der Waals surface area contributed by atoms with E-state index in [-0.39, 0.29) is 11.9 Å². The number of ether oxygens (including phenoxy) is 2. The molecule has 2 aromatic heterocycles. The van der Waals surface area contributed by atoms with Crippen molar-refractivity contribution in [3.05, 3.63) is 56.2 Å². The fourth-order valence-corrected chi connectivity index (χ4v) is 7.94. The van der Waals surface area contributed by atoms with Gasteiger partial charge in [0, 0.05) is 55.1 Å². The Kier molecular flexibility index (Phi) is 8.52. The van der Waals surface area contributed by atoms with E-state index in [9.17, 15) is 9.18 Å². The minimum atomic E-state index is -0.396. The molecule has 4 aliphatic rings. The summed E-state index contributed by atoms with van der Waals surface area (Å²) < 4.78 is 31.0. The summed E-state index contributed by atoms with van der Waals surface area (Å²) in [5.41, 5.74) is 2.74. The number of hydrogen-bond donors (Lipinski definition) is 0. The van der Waals surface area contributed by atoms with Gasteiger partial charge < -0.3 is 23.7 Å². The number of thiazole rings is 1. The average Bonchev–Trinajstić information content (AvgIpc) is 3.25. The van der Waals surface area contributed by atoms with Crippen molar-refractivity contribution in [1.82, 2.24) is 10.1 Å². The molecule has 3 unspecified atom stereocenters. The Morgan fingerprint density at radius 1 is 1.15 bits per heavy atom. The summed E-state index contributed by atoms with van der Waals surface area (Å²) >= 11 is 14.5. The Bertz CT molecular complexity index is 1420. The molecule has 3 fully saturated rings. The summed E-state index contributed by atoms with van der Waals surface area (Å²) in [6.07, 6.45) is 7.01. The molecule has 0 N–H and O–H groups in total. The Hall–Kier alpha value is -2.30. The van der Waals surface area contributed by atoms with Crippen LogP contribution in [0.2, 0.25) is 10.0 Å². The first kappa shape index (κ1) is 28.8. The topological polar surface area (TPSA) is 77.7 Å². The largest absolute Gasteiger partial charge is 0.388 e. The molecule has 0 radical (unpaired) electrons. The second-order valence-electron chi connectivity index (χ2n) is 11.3. The van der Waals surface area contributed by atoms with Gasteiger partial charge in [-0.3, -0.25) is 0 Å². The standard InChI is InChI=1S/C28H26Cl2FN3O3S.C2H6O/c29-20-2-1-3-21(30)24(20)25-19(27(37-33-25)15-4-5-15)13-36-18-8-16-10-34(11-17(16)9-18)28-32-26-22(31)6-14(12-35)7-23(26)38-28;1-3-2/h1-3,6,12,14-18H,4-5,7-11,13H2;1-2H3/t14?,16-,17?,18?;/m0./s1. The Morgan fingerprint density at radius 2 is 1.83 bits per heavy atom. The third-order valence-corrected chi connectivity index (χ3v) is 10.0. The van der Waals surface area contributed by atoms with Crippen LogP contribution in [0.3, 0.4) is 0 Å². The van der Waals surface area contributed by atoms with Gasteiger partial charge >= 0.3 is 0 Å². The highest BCUT2D eigenvalue weighted by Crippen LogP contribution is 2.47. The van der Waals surface area contributed by atoms with Crippen LogP contribution in [-0.4, -0.2) is 49.8 Å². The number of benzene rings is 1. The predicted molar refractivity (Wildman–Crippen MR) is 158 cm³/mol. The summed E-state index contributed by atoms with van der Waals surface area (Å²) in [5.74, 6) is 1.52. The zero-order valence-corrected chi connectivity index (χ0v) is 25.3. The first-order valence-corrected chi connectivity index (χ1v) is 15.5. The van der Waals surface area contributed by atoms with E-state index in [1.807, 2.05) is 18.2 Å². The van der Waals surface area contributed by atoms with Gasteiger partial charge in [-0.1, -0.05) is 34.4 Å². The Balaban J connectivity index is 0.000000967. The van der Waals surface area contributed by atoms with Crippen LogP contribution in [0.4, 0.5) is 9.52 Å². The highest BCUT2D eigenvalue weighted by Gasteiger charge is 2.43. The molecule has 2 saturated carbocycles. The van der Waals surface area contributed by atoms with E-state index in [1.54, 1.807) is 14.2 Å². The third kappa shape index (κ3) is 5.84. The SMILES string of the molecule is COC.O=CC1C=C(F)c2nc(N3CC4CC(OCc5c(-c6c(Cl)cccc6Cl)noc5C5CC5)C[C@H]4C3)sc2C1. The lowest BCUT2D eigenvalue weighted by molar-refractivity contribution is -0.109. The maximum atomic E-state index is 14.4. The van der Waals surface area contributed by atoms with Gasteiger partial charge in [-0.25, -0.2) is 9.37 Å². The van der Waals surface area contributed by atoms with Crippen LogP contribution in [0, 0.1) is 17.8 Å². The molecule has 41 heavy (non-hydrogen) atoms. The summed E-state index contributed by atoms with van der Waals surface area (Å²) in [7, 11) is 3.25. The van der Waals surface area contributed by atoms with Gasteiger partial charge in [-0.05, 0) is 62.1 Å². The maximum Gasteiger partial charge on any atom is 0.186 e. The number of hydrogen-bond acceptors (Lipinski definition) is 8. The zero-order valence-electron chi connectivity index (χ0n) is 22.9. The molecular formula is C30H32Cl2FN3O4S. The fraction of sp³-hybridized carbons (Fsp3) is 0.500. The normalized spacial score (nSPS) is 24.9. The van der Waals surface area contributed by atoms with Crippen molar-refractivity contribution in [1.29, 1.82) is 0 Å². The molecule has 7 nitrogen and oxygen atoms in total. The number of methoxy groups -OCH3 is 1. The lowest BCUT2D eigenvalue weighted by Crippen LogP contribution is -2.23. The summed E-state index contributed by atoms with van der Waals surface area (Å²) in [4.78, 5) is 18.9. The summed E-state index contributed by atoms with van der Waals surface area (Å²) in [5, 5.41) is 6.32. The smallest absolute Gasteiger partial charge is 0.186 e. The van der Waals surface area contributed by atoms with Gasteiger partial charge in [0.25, 0.3) is 0 Å². The van der Waals surface area contributed by atoms with Crippen LogP contribution in [0.25, 0.3) is 17.1 Å². The van der Waals surface area contributed by atoms with Gasteiger partial charge in [0.15, 0.2) is 5.13 Å². The van der Waals surface area contributed by atoms with Gasteiger partial charge in [0.2, 0.25) is 0 Å². The second-order valence-corrected chi connectivity index (χ2v) is 13.1. The highest BCUT2D eigenvalue weighted by molar-refractivity contribution is 7.15. The van der Waals surface area contributed by atoms with Crippen molar-refractivity contribution < 1.29 is 23.2 Å². The molecule has 1 aliphatic heterocycles. The molecule has 3 aromatic rings. The molecule has 0 bridgehead atoms. The van der Waals surface area contributed by atoms with Crippen LogP contribution in [-0.2, 0) is 27.3 Å². The van der Waals surface area contributed by atoms with Crippen LogP contribution in [0.1, 0.15) is 53.5 Å². The van der Waals surface area contributed by atoms with Crippen LogP contribution >= 0.6 is 34.5 Å². The van der Waals surface area contributed by atoms with Crippen LogP contribution < -0.4 is 4.90 Å². The summed E-state index contributed by atoms with van der Waals surface area (Å²) in [6, 6.07) is 5.45. The molecule has 3 heterocycles. The fourth-order valence-electron chi connectivity index (χ4n) is 6.21. The highest BCUT2D eigenvalue weighted by atomic mass is 35.5. The molecule has 3 aliphatic carbocycles. The number of halogens is 3. The third-order valence-electron chi connectivity index (χ3n) is 8.28. The molecule has 218 valence electrons. The molecule has 1 aromatic carbocycles. The van der Waals surface area contributed by atoms with Crippen molar-refractivity contribution in [2.45, 2.75) is 50.7 Å². The molecular weight excluding hydrogens is 588 g/mol. The summed E-state index contributed by atoms with van der Waals surface area (Å²) in [6.45, 7) is 2.20. The zero-order chi connectivity index (χ0) is 28.7. The van der Waals surface area contributed by atoms with E-state index in [0.29, 0.717) is 57.8 Å². The van der Waals surface area contributed by atoms with Crippen molar-refractivity contribution in [2.75, 3.05) is 32.2 Å². The van der Waals surface area contributed by atoms with Crippen molar-refractivity contribution >= 4 is 51.8 Å². The molecule has 4 atom stereocenters. The minimum Gasteiger partial charge on any atom is -0.388 e. The molecule has 0 spiro atoms. The second kappa shape index (κ2) is 12.1. The molecule has 1 saturated heterocycles. The minimum absolute atomic E-state index is 0.155. The molecule has 11 heteroatoms. The number of fused-ring (bicyclic) bond motifs is 2. The van der Waals surface area contributed by atoms with E-state index in [0.717, 1.165) is 66.4 Å². The number of carbonyl (C=O) groups excluding carboxylic acids is 1.